The molecule has 0 bridgehead atoms. The Morgan fingerprint density at radius 3 is 2.69 bits per heavy atom. The number of hydrogen-bond acceptors (Lipinski definition) is 3. The lowest BCUT2D eigenvalue weighted by Crippen LogP contribution is -2.04. The lowest BCUT2D eigenvalue weighted by atomic mass is 10.2. The van der Waals surface area contributed by atoms with E-state index in [1.807, 2.05) is 13.0 Å². The fourth-order valence-corrected chi connectivity index (χ4v) is 1.87. The van der Waals surface area contributed by atoms with E-state index in [-0.39, 0.29) is 0 Å². The van der Waals surface area contributed by atoms with E-state index >= 15 is 0 Å². The Hall–Kier alpha value is -1.58. The number of aromatic nitrogens is 3. The first-order valence-corrected chi connectivity index (χ1v) is 5.74. The summed E-state index contributed by atoms with van der Waals surface area (Å²) in [5, 5.41) is 8.48. The average Bonchev–Trinajstić information content (AvgIpc) is 2.85. The van der Waals surface area contributed by atoms with Crippen molar-refractivity contribution in [2.24, 2.45) is 0 Å². The molecule has 2 aromatic heterocycles. The highest BCUT2D eigenvalue weighted by Crippen LogP contribution is 2.23. The molecule has 0 aliphatic carbocycles. The van der Waals surface area contributed by atoms with Gasteiger partial charge in [-0.15, -0.1) is 10.2 Å². The van der Waals surface area contributed by atoms with E-state index in [2.05, 4.69) is 28.6 Å². The van der Waals surface area contributed by atoms with Crippen LogP contribution in [0.3, 0.4) is 0 Å². The van der Waals surface area contributed by atoms with Crippen LogP contribution in [0.25, 0.3) is 11.4 Å². The molecule has 86 valence electrons. The highest BCUT2D eigenvalue weighted by Gasteiger charge is 2.15. The molecule has 0 saturated heterocycles. The maximum absolute atomic E-state index is 5.31. The normalized spacial score (nSPS) is 10.9. The molecule has 0 radical (unpaired) electrons. The van der Waals surface area contributed by atoms with Gasteiger partial charge in [0.1, 0.15) is 11.6 Å². The fourth-order valence-electron chi connectivity index (χ4n) is 1.87. The van der Waals surface area contributed by atoms with Gasteiger partial charge in [0, 0.05) is 13.0 Å². The van der Waals surface area contributed by atoms with Gasteiger partial charge in [-0.05, 0) is 19.4 Å². The van der Waals surface area contributed by atoms with Crippen molar-refractivity contribution in [3.05, 3.63) is 23.9 Å². The van der Waals surface area contributed by atoms with E-state index in [9.17, 15) is 0 Å². The Labute approximate surface area is 95.3 Å². The average molecular weight is 219 g/mol. The highest BCUT2D eigenvalue weighted by molar-refractivity contribution is 5.57. The van der Waals surface area contributed by atoms with Gasteiger partial charge in [0.05, 0.1) is 11.8 Å². The molecule has 0 spiro atoms. The van der Waals surface area contributed by atoms with E-state index in [1.165, 1.54) is 0 Å². The molecule has 2 heterocycles. The second kappa shape index (κ2) is 4.51. The van der Waals surface area contributed by atoms with E-state index in [0.717, 1.165) is 42.4 Å². The summed E-state index contributed by atoms with van der Waals surface area (Å²) in [6, 6.07) is 1.95. The molecule has 0 aliphatic heterocycles. The maximum Gasteiger partial charge on any atom is 0.167 e. The molecular formula is C12H17N3O. The maximum atomic E-state index is 5.31. The minimum absolute atomic E-state index is 0.896. The molecule has 2 aromatic rings. The van der Waals surface area contributed by atoms with Crippen LogP contribution in [0, 0.1) is 6.92 Å². The second-order valence-electron chi connectivity index (χ2n) is 3.84. The van der Waals surface area contributed by atoms with Crippen LogP contribution in [-0.4, -0.2) is 14.8 Å². The zero-order chi connectivity index (χ0) is 11.5. The number of nitrogens with zero attached hydrogens (tertiary/aromatic N) is 3. The van der Waals surface area contributed by atoms with Crippen molar-refractivity contribution < 1.29 is 4.42 Å². The molecule has 0 fully saturated rings. The minimum Gasteiger partial charge on any atom is -0.469 e. The van der Waals surface area contributed by atoms with Crippen LogP contribution in [0.15, 0.2) is 16.7 Å². The molecule has 4 heteroatoms. The Balaban J connectivity index is 2.48. The third-order valence-electron chi connectivity index (χ3n) is 2.69. The molecule has 0 atom stereocenters. The standard InChI is InChI=1S/C12H17N3O/c1-4-7-15-11(5-2)13-14-12(15)10-6-8-16-9(10)3/h6,8H,4-5,7H2,1-3H3. The first kappa shape index (κ1) is 10.9. The summed E-state index contributed by atoms with van der Waals surface area (Å²) in [5.74, 6) is 2.86. The number of rotatable bonds is 4. The summed E-state index contributed by atoms with van der Waals surface area (Å²) >= 11 is 0. The lowest BCUT2D eigenvalue weighted by molar-refractivity contribution is 0.534. The van der Waals surface area contributed by atoms with Gasteiger partial charge in [-0.25, -0.2) is 0 Å². The monoisotopic (exact) mass is 219 g/mol. The molecule has 0 saturated carbocycles. The highest BCUT2D eigenvalue weighted by atomic mass is 16.3. The summed E-state index contributed by atoms with van der Waals surface area (Å²) in [6.07, 6.45) is 3.68. The Kier molecular flexibility index (Phi) is 3.08. The molecule has 0 N–H and O–H groups in total. The predicted molar refractivity (Wildman–Crippen MR) is 62.1 cm³/mol. The molecule has 0 aromatic carbocycles. The largest absolute Gasteiger partial charge is 0.469 e. The topological polar surface area (TPSA) is 43.9 Å². The van der Waals surface area contributed by atoms with E-state index in [4.69, 9.17) is 4.42 Å². The van der Waals surface area contributed by atoms with E-state index in [1.54, 1.807) is 6.26 Å². The predicted octanol–water partition coefficient (Wildman–Crippen LogP) is 2.82. The third-order valence-corrected chi connectivity index (χ3v) is 2.69. The first-order valence-electron chi connectivity index (χ1n) is 5.74. The summed E-state index contributed by atoms with van der Waals surface area (Å²) in [6.45, 7) is 7.16. The Bertz CT molecular complexity index is 470. The van der Waals surface area contributed by atoms with Gasteiger partial charge in [0.25, 0.3) is 0 Å². The fraction of sp³-hybridized carbons (Fsp3) is 0.500. The van der Waals surface area contributed by atoms with Crippen LogP contribution in [0.5, 0.6) is 0 Å². The van der Waals surface area contributed by atoms with E-state index in [0.29, 0.717) is 0 Å². The molecule has 0 amide bonds. The smallest absolute Gasteiger partial charge is 0.167 e. The van der Waals surface area contributed by atoms with Crippen molar-refractivity contribution in [2.45, 2.75) is 40.2 Å². The van der Waals surface area contributed by atoms with Crippen molar-refractivity contribution in [3.63, 3.8) is 0 Å². The molecule has 4 nitrogen and oxygen atoms in total. The summed E-state index contributed by atoms with van der Waals surface area (Å²) in [7, 11) is 0. The van der Waals surface area contributed by atoms with Gasteiger partial charge < -0.3 is 8.98 Å². The quantitative estimate of drug-likeness (QED) is 0.794. The van der Waals surface area contributed by atoms with Crippen LogP contribution >= 0.6 is 0 Å². The van der Waals surface area contributed by atoms with Crippen molar-refractivity contribution in [3.8, 4) is 11.4 Å². The van der Waals surface area contributed by atoms with Crippen molar-refractivity contribution in [1.82, 2.24) is 14.8 Å². The van der Waals surface area contributed by atoms with Crippen molar-refractivity contribution in [2.75, 3.05) is 0 Å². The van der Waals surface area contributed by atoms with Gasteiger partial charge in [0.15, 0.2) is 5.82 Å². The third kappa shape index (κ3) is 1.75. The number of furan rings is 1. The summed E-state index contributed by atoms with van der Waals surface area (Å²) in [4.78, 5) is 0. The molecule has 2 rings (SSSR count). The first-order chi connectivity index (χ1) is 7.77. The molecule has 16 heavy (non-hydrogen) atoms. The lowest BCUT2D eigenvalue weighted by Gasteiger charge is -2.06. The van der Waals surface area contributed by atoms with Gasteiger partial charge in [0.2, 0.25) is 0 Å². The van der Waals surface area contributed by atoms with Crippen LogP contribution < -0.4 is 0 Å². The minimum atomic E-state index is 0.896. The van der Waals surface area contributed by atoms with E-state index < -0.39 is 0 Å². The Morgan fingerprint density at radius 1 is 1.31 bits per heavy atom. The Morgan fingerprint density at radius 2 is 2.12 bits per heavy atom. The SMILES string of the molecule is CCCn1c(CC)nnc1-c1ccoc1C. The molecular weight excluding hydrogens is 202 g/mol. The van der Waals surface area contributed by atoms with Crippen LogP contribution in [0.1, 0.15) is 31.9 Å². The second-order valence-corrected chi connectivity index (χ2v) is 3.84. The van der Waals surface area contributed by atoms with Gasteiger partial charge >= 0.3 is 0 Å². The van der Waals surface area contributed by atoms with Gasteiger partial charge in [-0.2, -0.15) is 0 Å². The van der Waals surface area contributed by atoms with Gasteiger partial charge in [-0.3, -0.25) is 0 Å². The molecule has 0 aliphatic rings. The van der Waals surface area contributed by atoms with Crippen LogP contribution in [-0.2, 0) is 13.0 Å². The molecule has 0 unspecified atom stereocenters. The number of aryl methyl sites for hydroxylation is 2. The van der Waals surface area contributed by atoms with Crippen molar-refractivity contribution in [1.29, 1.82) is 0 Å². The van der Waals surface area contributed by atoms with Gasteiger partial charge in [-0.1, -0.05) is 13.8 Å². The number of hydrogen-bond donors (Lipinski definition) is 0. The zero-order valence-corrected chi connectivity index (χ0v) is 10.0. The summed E-state index contributed by atoms with van der Waals surface area (Å²) < 4.78 is 7.49. The van der Waals surface area contributed by atoms with Crippen LogP contribution in [0.4, 0.5) is 0 Å². The summed E-state index contributed by atoms with van der Waals surface area (Å²) in [5.41, 5.74) is 1.04. The van der Waals surface area contributed by atoms with Crippen molar-refractivity contribution >= 4 is 0 Å². The zero-order valence-electron chi connectivity index (χ0n) is 10.0. The van der Waals surface area contributed by atoms with Crippen LogP contribution in [0.2, 0.25) is 0 Å².